The molecule has 0 spiro atoms. The summed E-state index contributed by atoms with van der Waals surface area (Å²) in [4.78, 5) is 35.8. The lowest BCUT2D eigenvalue weighted by atomic mass is 9.83. The summed E-state index contributed by atoms with van der Waals surface area (Å²) in [6, 6.07) is 5.72. The van der Waals surface area contributed by atoms with Crippen LogP contribution in [0.2, 0.25) is 0 Å². The van der Waals surface area contributed by atoms with Crippen molar-refractivity contribution in [3.63, 3.8) is 0 Å². The number of ether oxygens (including phenoxy) is 1. The molecular weight excluding hydrogens is 356 g/mol. The zero-order valence-corrected chi connectivity index (χ0v) is 17.0. The van der Waals surface area contributed by atoms with Crippen LogP contribution in [-0.4, -0.2) is 28.8 Å². The maximum Gasteiger partial charge on any atom is 0.340 e. The topological polar surface area (TPSA) is 77.4 Å². The normalized spacial score (nSPS) is 16.2. The van der Waals surface area contributed by atoms with Crippen LogP contribution >= 0.6 is 0 Å². The zero-order chi connectivity index (χ0) is 20.4. The number of rotatable bonds is 5. The monoisotopic (exact) mass is 384 g/mol. The Morgan fingerprint density at radius 2 is 1.96 bits per heavy atom. The summed E-state index contributed by atoms with van der Waals surface area (Å²) in [5, 5.41) is 3.64. The molecule has 0 saturated heterocycles. The predicted molar refractivity (Wildman–Crippen MR) is 109 cm³/mol. The van der Waals surface area contributed by atoms with Crippen LogP contribution in [-0.2, 0) is 14.3 Å². The highest BCUT2D eigenvalue weighted by Crippen LogP contribution is 2.38. The molecule has 150 valence electrons. The van der Waals surface area contributed by atoms with Gasteiger partial charge in [-0.2, -0.15) is 0 Å². The largest absolute Gasteiger partial charge is 0.462 e. The van der Waals surface area contributed by atoms with Gasteiger partial charge in [-0.3, -0.25) is 9.59 Å². The smallest absolute Gasteiger partial charge is 0.340 e. The molecule has 1 amide bonds. The van der Waals surface area contributed by atoms with Crippen molar-refractivity contribution in [2.75, 3.05) is 11.9 Å². The Balaban J connectivity index is 2.12. The highest BCUT2D eigenvalue weighted by atomic mass is 16.5. The molecule has 1 aliphatic rings. The first-order chi connectivity index (χ1) is 13.3. The Kier molecular flexibility index (Phi) is 5.87. The standard InChI is InChI=1S/C22H28N2O4/c1-5-28-22(27)21-14(3)24(13(2)16-6-9-18(26)10-7-16)20-12-17(23-15(4)25)8-11-19(20)21/h8,11-13,16H,5-7,9-10H2,1-4H3,(H,23,25)/t13-/m1/s1. The van der Waals surface area contributed by atoms with E-state index in [-0.39, 0.29) is 17.9 Å². The second-order valence-electron chi connectivity index (χ2n) is 7.58. The van der Waals surface area contributed by atoms with Crippen molar-refractivity contribution in [3.05, 3.63) is 29.5 Å². The van der Waals surface area contributed by atoms with Crippen molar-refractivity contribution in [2.24, 2.45) is 5.92 Å². The van der Waals surface area contributed by atoms with Crippen LogP contribution in [0.3, 0.4) is 0 Å². The quantitative estimate of drug-likeness (QED) is 0.775. The Morgan fingerprint density at radius 3 is 2.57 bits per heavy atom. The second-order valence-corrected chi connectivity index (χ2v) is 7.58. The van der Waals surface area contributed by atoms with Gasteiger partial charge in [0.1, 0.15) is 5.78 Å². The third kappa shape index (κ3) is 3.81. The molecule has 0 aliphatic heterocycles. The molecule has 1 saturated carbocycles. The summed E-state index contributed by atoms with van der Waals surface area (Å²) >= 11 is 0. The minimum atomic E-state index is -0.331. The fourth-order valence-corrected chi connectivity index (χ4v) is 4.36. The number of esters is 1. The van der Waals surface area contributed by atoms with Gasteiger partial charge in [0.05, 0.1) is 17.7 Å². The van der Waals surface area contributed by atoms with Crippen molar-refractivity contribution < 1.29 is 19.1 Å². The number of aromatic nitrogens is 1. The molecule has 6 nitrogen and oxygen atoms in total. The minimum absolute atomic E-state index is 0.131. The Morgan fingerprint density at radius 1 is 1.29 bits per heavy atom. The SMILES string of the molecule is CCOC(=O)c1c(C)n([C@H](C)C2CCC(=O)CC2)c2cc(NC(C)=O)ccc12. The number of benzene rings is 1. The number of nitrogens with one attached hydrogen (secondary N) is 1. The van der Waals surface area contributed by atoms with E-state index in [9.17, 15) is 14.4 Å². The Labute approximate surface area is 165 Å². The summed E-state index contributed by atoms with van der Waals surface area (Å²) in [5.74, 6) is 0.227. The number of Topliss-reactive ketones (excluding diaryl/α,β-unsaturated/α-hetero) is 1. The zero-order valence-electron chi connectivity index (χ0n) is 17.0. The van der Waals surface area contributed by atoms with Gasteiger partial charge >= 0.3 is 5.97 Å². The number of hydrogen-bond acceptors (Lipinski definition) is 4. The van der Waals surface area contributed by atoms with Gasteiger partial charge in [0.15, 0.2) is 0 Å². The summed E-state index contributed by atoms with van der Waals surface area (Å²) in [5.41, 5.74) is 3.03. The van der Waals surface area contributed by atoms with Crippen LogP contribution in [0.5, 0.6) is 0 Å². The van der Waals surface area contributed by atoms with Crippen molar-refractivity contribution in [1.29, 1.82) is 0 Å². The van der Waals surface area contributed by atoms with Crippen LogP contribution in [0.15, 0.2) is 18.2 Å². The molecule has 1 atom stereocenters. The summed E-state index contributed by atoms with van der Waals surface area (Å²) in [7, 11) is 0. The van der Waals surface area contributed by atoms with E-state index >= 15 is 0 Å². The van der Waals surface area contributed by atoms with E-state index in [1.807, 2.05) is 19.1 Å². The number of amides is 1. The first-order valence-corrected chi connectivity index (χ1v) is 9.94. The molecule has 6 heteroatoms. The highest BCUT2D eigenvalue weighted by molar-refractivity contribution is 6.07. The van der Waals surface area contributed by atoms with Gasteiger partial charge in [-0.05, 0) is 57.7 Å². The number of hydrogen-bond donors (Lipinski definition) is 1. The van der Waals surface area contributed by atoms with Gasteiger partial charge in [0, 0.05) is 42.6 Å². The first-order valence-electron chi connectivity index (χ1n) is 9.94. The summed E-state index contributed by atoms with van der Waals surface area (Å²) in [6.45, 7) is 7.67. The van der Waals surface area contributed by atoms with Crippen molar-refractivity contribution in [1.82, 2.24) is 4.57 Å². The minimum Gasteiger partial charge on any atom is -0.462 e. The van der Waals surface area contributed by atoms with E-state index in [4.69, 9.17) is 4.74 Å². The summed E-state index contributed by atoms with van der Waals surface area (Å²) in [6.07, 6.45) is 2.96. The van der Waals surface area contributed by atoms with Crippen LogP contribution < -0.4 is 5.32 Å². The molecule has 28 heavy (non-hydrogen) atoms. The van der Waals surface area contributed by atoms with Crippen molar-refractivity contribution >= 4 is 34.3 Å². The maximum absolute atomic E-state index is 12.6. The van der Waals surface area contributed by atoms with Gasteiger partial charge in [0.2, 0.25) is 5.91 Å². The number of nitrogens with zero attached hydrogens (tertiary/aromatic N) is 1. The molecule has 1 aromatic carbocycles. The molecule has 1 aromatic heterocycles. The molecule has 1 aliphatic carbocycles. The lowest BCUT2D eigenvalue weighted by molar-refractivity contribution is -0.121. The van der Waals surface area contributed by atoms with Crippen molar-refractivity contribution in [2.45, 2.75) is 59.4 Å². The molecule has 1 heterocycles. The van der Waals surface area contributed by atoms with E-state index in [0.29, 0.717) is 42.4 Å². The third-order valence-electron chi connectivity index (χ3n) is 5.73. The van der Waals surface area contributed by atoms with Crippen LogP contribution in [0.25, 0.3) is 10.9 Å². The molecule has 3 rings (SSSR count). The molecular formula is C22H28N2O4. The van der Waals surface area contributed by atoms with E-state index in [1.54, 1.807) is 13.0 Å². The molecule has 0 radical (unpaired) electrons. The van der Waals surface area contributed by atoms with Crippen LogP contribution in [0, 0.1) is 12.8 Å². The fourth-order valence-electron chi connectivity index (χ4n) is 4.36. The van der Waals surface area contributed by atoms with E-state index in [2.05, 4.69) is 16.8 Å². The number of anilines is 1. The number of carbonyl (C=O) groups excluding carboxylic acids is 3. The van der Waals surface area contributed by atoms with E-state index in [1.165, 1.54) is 6.92 Å². The van der Waals surface area contributed by atoms with Gasteiger partial charge in [-0.25, -0.2) is 4.79 Å². The summed E-state index contributed by atoms with van der Waals surface area (Å²) < 4.78 is 7.47. The predicted octanol–water partition coefficient (Wildman–Crippen LogP) is 4.41. The lowest BCUT2D eigenvalue weighted by Gasteiger charge is -2.30. The molecule has 1 N–H and O–H groups in total. The Bertz CT molecular complexity index is 918. The second kappa shape index (κ2) is 8.17. The van der Waals surface area contributed by atoms with Crippen molar-refractivity contribution in [3.8, 4) is 0 Å². The lowest BCUT2D eigenvalue weighted by Crippen LogP contribution is -2.23. The number of carbonyl (C=O) groups is 3. The maximum atomic E-state index is 12.6. The van der Waals surface area contributed by atoms with Crippen LogP contribution in [0.1, 0.15) is 68.5 Å². The number of ketones is 1. The Hall–Kier alpha value is -2.63. The average molecular weight is 384 g/mol. The van der Waals surface area contributed by atoms with E-state index in [0.717, 1.165) is 29.4 Å². The van der Waals surface area contributed by atoms with Gasteiger partial charge in [0.25, 0.3) is 0 Å². The highest BCUT2D eigenvalue weighted by Gasteiger charge is 2.29. The molecule has 2 aromatic rings. The third-order valence-corrected chi connectivity index (χ3v) is 5.73. The van der Waals surface area contributed by atoms with Gasteiger partial charge in [-0.15, -0.1) is 0 Å². The van der Waals surface area contributed by atoms with Gasteiger partial charge < -0.3 is 14.6 Å². The van der Waals surface area contributed by atoms with Crippen LogP contribution in [0.4, 0.5) is 5.69 Å². The number of fused-ring (bicyclic) bond motifs is 1. The molecule has 1 fully saturated rings. The van der Waals surface area contributed by atoms with Gasteiger partial charge in [-0.1, -0.05) is 0 Å². The van der Waals surface area contributed by atoms with E-state index < -0.39 is 0 Å². The molecule has 0 bridgehead atoms. The average Bonchev–Trinajstić information content (AvgIpc) is 2.92. The fraction of sp³-hybridized carbons (Fsp3) is 0.500. The first kappa shape index (κ1) is 20.1. The molecule has 0 unspecified atom stereocenters.